The summed E-state index contributed by atoms with van der Waals surface area (Å²) >= 11 is 0. The molecule has 2 aromatic heterocycles. The largest absolute Gasteiger partial charge is 0.466 e. The highest BCUT2D eigenvalue weighted by Gasteiger charge is 2.04. The van der Waals surface area contributed by atoms with E-state index >= 15 is 0 Å². The second-order valence-corrected chi connectivity index (χ2v) is 3.88. The lowest BCUT2D eigenvalue weighted by Crippen LogP contribution is -1.98. The first-order valence-electron chi connectivity index (χ1n) is 5.51. The van der Waals surface area contributed by atoms with Crippen LogP contribution < -0.4 is 5.32 Å². The van der Waals surface area contributed by atoms with Crippen LogP contribution in [0.5, 0.6) is 0 Å². The molecule has 0 amide bonds. The van der Waals surface area contributed by atoms with Crippen LogP contribution in [-0.2, 0) is 13.1 Å². The Balaban J connectivity index is 1.99. The minimum atomic E-state index is 0.776. The molecule has 0 spiro atoms. The van der Waals surface area contributed by atoms with Crippen LogP contribution >= 0.6 is 0 Å². The predicted octanol–water partition coefficient (Wildman–Crippen LogP) is 2.72. The maximum absolute atomic E-state index is 5.47. The molecule has 0 unspecified atom stereocenters. The third kappa shape index (κ3) is 2.27. The maximum atomic E-state index is 5.47. The summed E-state index contributed by atoms with van der Waals surface area (Å²) in [7, 11) is 0. The van der Waals surface area contributed by atoms with Gasteiger partial charge in [-0.25, -0.2) is 0 Å². The van der Waals surface area contributed by atoms with Crippen molar-refractivity contribution in [2.75, 3.05) is 5.32 Å². The van der Waals surface area contributed by atoms with Crippen molar-refractivity contribution in [3.05, 3.63) is 35.5 Å². The summed E-state index contributed by atoms with van der Waals surface area (Å²) in [6, 6.07) is 2.06. The maximum Gasteiger partial charge on any atom is 0.106 e. The Kier molecular flexibility index (Phi) is 2.99. The van der Waals surface area contributed by atoms with Gasteiger partial charge in [0.15, 0.2) is 0 Å². The van der Waals surface area contributed by atoms with Crippen LogP contribution in [0.4, 0.5) is 5.69 Å². The molecule has 0 aliphatic heterocycles. The number of hydrogen-bond acceptors (Lipinski definition) is 3. The Morgan fingerprint density at radius 2 is 2.25 bits per heavy atom. The van der Waals surface area contributed by atoms with E-state index in [1.54, 1.807) is 0 Å². The van der Waals surface area contributed by atoms with Gasteiger partial charge in [-0.2, -0.15) is 5.10 Å². The Bertz CT molecular complexity index is 470. The van der Waals surface area contributed by atoms with E-state index < -0.39 is 0 Å². The van der Waals surface area contributed by atoms with Crippen molar-refractivity contribution < 1.29 is 4.42 Å². The van der Waals surface area contributed by atoms with Gasteiger partial charge in [0.25, 0.3) is 0 Å². The second kappa shape index (κ2) is 4.43. The summed E-state index contributed by atoms with van der Waals surface area (Å²) < 4.78 is 7.37. The normalized spacial score (nSPS) is 10.7. The van der Waals surface area contributed by atoms with E-state index in [4.69, 9.17) is 4.42 Å². The zero-order valence-electron chi connectivity index (χ0n) is 9.95. The molecule has 0 bridgehead atoms. The molecule has 4 nitrogen and oxygen atoms in total. The first-order chi connectivity index (χ1) is 7.69. The number of aromatic nitrogens is 2. The van der Waals surface area contributed by atoms with E-state index in [2.05, 4.69) is 23.4 Å². The predicted molar refractivity (Wildman–Crippen MR) is 63.4 cm³/mol. The van der Waals surface area contributed by atoms with E-state index in [1.165, 1.54) is 5.56 Å². The van der Waals surface area contributed by atoms with Gasteiger partial charge in [-0.15, -0.1) is 0 Å². The Morgan fingerprint density at radius 3 is 2.81 bits per heavy atom. The zero-order valence-corrected chi connectivity index (χ0v) is 9.95. The average Bonchev–Trinajstić information content (AvgIpc) is 2.82. The Hall–Kier alpha value is -1.71. The average molecular weight is 219 g/mol. The molecule has 2 rings (SSSR count). The minimum Gasteiger partial charge on any atom is -0.466 e. The monoisotopic (exact) mass is 219 g/mol. The summed E-state index contributed by atoms with van der Waals surface area (Å²) in [6.07, 6.45) is 3.84. The van der Waals surface area contributed by atoms with Crippen molar-refractivity contribution >= 4 is 5.69 Å². The Labute approximate surface area is 95.3 Å². The molecule has 0 aromatic carbocycles. The molecular weight excluding hydrogens is 202 g/mol. The molecule has 0 aliphatic carbocycles. The Morgan fingerprint density at radius 1 is 1.44 bits per heavy atom. The van der Waals surface area contributed by atoms with Crippen molar-refractivity contribution in [1.29, 1.82) is 0 Å². The van der Waals surface area contributed by atoms with Crippen LogP contribution in [0.15, 0.2) is 22.9 Å². The zero-order chi connectivity index (χ0) is 11.5. The number of rotatable bonds is 4. The number of nitrogens with zero attached hydrogens (tertiary/aromatic N) is 2. The lowest BCUT2D eigenvalue weighted by Gasteiger charge is -2.01. The van der Waals surface area contributed by atoms with Crippen molar-refractivity contribution in [1.82, 2.24) is 9.78 Å². The molecular formula is C12H17N3O. The SMILES string of the molecule is CCn1cc(NCc2cc(C)oc2C)cn1. The van der Waals surface area contributed by atoms with Crippen LogP contribution in [-0.4, -0.2) is 9.78 Å². The molecule has 16 heavy (non-hydrogen) atoms. The van der Waals surface area contributed by atoms with E-state index in [0.717, 1.165) is 30.3 Å². The summed E-state index contributed by atoms with van der Waals surface area (Å²) in [6.45, 7) is 7.69. The van der Waals surface area contributed by atoms with Gasteiger partial charge in [0, 0.05) is 24.8 Å². The summed E-state index contributed by atoms with van der Waals surface area (Å²) in [5, 5.41) is 7.53. The first kappa shape index (κ1) is 10.8. The minimum absolute atomic E-state index is 0.776. The van der Waals surface area contributed by atoms with Gasteiger partial charge in [-0.3, -0.25) is 4.68 Å². The smallest absolute Gasteiger partial charge is 0.106 e. The van der Waals surface area contributed by atoms with E-state index in [-0.39, 0.29) is 0 Å². The second-order valence-electron chi connectivity index (χ2n) is 3.88. The molecule has 0 atom stereocenters. The van der Waals surface area contributed by atoms with Crippen LogP contribution in [0.25, 0.3) is 0 Å². The van der Waals surface area contributed by atoms with Crippen molar-refractivity contribution in [2.45, 2.75) is 33.9 Å². The molecule has 2 aromatic rings. The molecule has 0 saturated carbocycles. The number of furan rings is 1. The van der Waals surface area contributed by atoms with Crippen LogP contribution in [0.2, 0.25) is 0 Å². The van der Waals surface area contributed by atoms with Gasteiger partial charge < -0.3 is 9.73 Å². The van der Waals surface area contributed by atoms with Crippen LogP contribution in [0, 0.1) is 13.8 Å². The molecule has 4 heteroatoms. The van der Waals surface area contributed by atoms with Crippen LogP contribution in [0.1, 0.15) is 24.0 Å². The van der Waals surface area contributed by atoms with E-state index in [0.29, 0.717) is 0 Å². The fourth-order valence-corrected chi connectivity index (χ4v) is 1.68. The molecule has 1 N–H and O–H groups in total. The van der Waals surface area contributed by atoms with Crippen molar-refractivity contribution in [2.24, 2.45) is 0 Å². The van der Waals surface area contributed by atoms with Crippen molar-refractivity contribution in [3.63, 3.8) is 0 Å². The third-order valence-electron chi connectivity index (χ3n) is 2.58. The van der Waals surface area contributed by atoms with Crippen molar-refractivity contribution in [3.8, 4) is 0 Å². The quantitative estimate of drug-likeness (QED) is 0.859. The fourth-order valence-electron chi connectivity index (χ4n) is 1.68. The molecule has 0 radical (unpaired) electrons. The number of nitrogens with one attached hydrogen (secondary N) is 1. The fraction of sp³-hybridized carbons (Fsp3) is 0.417. The molecule has 86 valence electrons. The first-order valence-corrected chi connectivity index (χ1v) is 5.51. The highest BCUT2D eigenvalue weighted by Crippen LogP contribution is 2.15. The topological polar surface area (TPSA) is 43.0 Å². The number of aryl methyl sites for hydroxylation is 3. The molecule has 0 fully saturated rings. The highest BCUT2D eigenvalue weighted by molar-refractivity contribution is 5.39. The van der Waals surface area contributed by atoms with Gasteiger partial charge in [0.05, 0.1) is 11.9 Å². The van der Waals surface area contributed by atoms with E-state index in [1.807, 2.05) is 30.9 Å². The van der Waals surface area contributed by atoms with E-state index in [9.17, 15) is 0 Å². The lowest BCUT2D eigenvalue weighted by molar-refractivity contribution is 0.501. The standard InChI is InChI=1S/C12H17N3O/c1-4-15-8-12(7-14-15)13-6-11-5-9(2)16-10(11)3/h5,7-8,13H,4,6H2,1-3H3. The molecule has 0 aliphatic rings. The van der Waals surface area contributed by atoms with Crippen LogP contribution in [0.3, 0.4) is 0 Å². The summed E-state index contributed by atoms with van der Waals surface area (Å²) in [4.78, 5) is 0. The molecule has 2 heterocycles. The van der Waals surface area contributed by atoms with Gasteiger partial charge in [0.2, 0.25) is 0 Å². The van der Waals surface area contributed by atoms with Gasteiger partial charge in [0.1, 0.15) is 11.5 Å². The summed E-state index contributed by atoms with van der Waals surface area (Å²) in [5.74, 6) is 1.94. The lowest BCUT2D eigenvalue weighted by atomic mass is 10.2. The highest BCUT2D eigenvalue weighted by atomic mass is 16.3. The van der Waals surface area contributed by atoms with Gasteiger partial charge >= 0.3 is 0 Å². The van der Waals surface area contributed by atoms with Gasteiger partial charge in [-0.1, -0.05) is 0 Å². The third-order valence-corrected chi connectivity index (χ3v) is 2.58. The number of anilines is 1. The van der Waals surface area contributed by atoms with Gasteiger partial charge in [-0.05, 0) is 26.8 Å². The molecule has 0 saturated heterocycles. The summed E-state index contributed by atoms with van der Waals surface area (Å²) in [5.41, 5.74) is 2.24. The number of hydrogen-bond donors (Lipinski definition) is 1.